The van der Waals surface area contributed by atoms with Crippen molar-refractivity contribution >= 4 is 40.7 Å². The van der Waals surface area contributed by atoms with Gasteiger partial charge in [0.05, 0.1) is 5.02 Å². The van der Waals surface area contributed by atoms with Gasteiger partial charge in [-0.2, -0.15) is 0 Å². The Bertz CT molecular complexity index is 1090. The van der Waals surface area contributed by atoms with Crippen LogP contribution < -0.4 is 10.5 Å². The van der Waals surface area contributed by atoms with Crippen LogP contribution in [-0.2, 0) is 11.2 Å². The van der Waals surface area contributed by atoms with Gasteiger partial charge in [-0.1, -0.05) is 40.9 Å². The minimum absolute atomic E-state index is 0.131. The average molecular weight is 473 g/mol. The van der Waals surface area contributed by atoms with Gasteiger partial charge in [0.2, 0.25) is 0 Å². The van der Waals surface area contributed by atoms with Crippen molar-refractivity contribution in [3.8, 4) is 22.6 Å². The Morgan fingerprint density at radius 2 is 1.67 bits per heavy atom. The first-order valence-corrected chi connectivity index (χ1v) is 9.65. The zero-order valence-corrected chi connectivity index (χ0v) is 17.5. The first-order valence-electron chi connectivity index (χ1n) is 8.51. The summed E-state index contributed by atoms with van der Waals surface area (Å²) in [5.41, 5.74) is 6.79. The van der Waals surface area contributed by atoms with Gasteiger partial charge >= 0.3 is 0 Å². The van der Waals surface area contributed by atoms with E-state index in [9.17, 15) is 18.7 Å². The second-order valence-corrected chi connectivity index (χ2v) is 7.62. The summed E-state index contributed by atoms with van der Waals surface area (Å²) < 4.78 is 32.4. The van der Waals surface area contributed by atoms with Crippen molar-refractivity contribution in [1.29, 1.82) is 0 Å². The maximum Gasteiger partial charge on any atom is 0.255 e. The fourth-order valence-electron chi connectivity index (χ4n) is 2.83. The van der Waals surface area contributed by atoms with Crippen molar-refractivity contribution in [3.05, 3.63) is 80.3 Å². The maximum absolute atomic E-state index is 13.7. The van der Waals surface area contributed by atoms with Gasteiger partial charge in [0, 0.05) is 22.0 Å². The summed E-state index contributed by atoms with van der Waals surface area (Å²) in [6.45, 7) is -0.315. The van der Waals surface area contributed by atoms with E-state index in [1.165, 1.54) is 24.3 Å². The Kier molecular flexibility index (Phi) is 6.71. The van der Waals surface area contributed by atoms with Crippen LogP contribution in [0.25, 0.3) is 11.1 Å². The quantitative estimate of drug-likeness (QED) is 0.449. The zero-order valence-electron chi connectivity index (χ0n) is 15.2. The van der Waals surface area contributed by atoms with E-state index in [4.69, 9.17) is 45.3 Å². The summed E-state index contributed by atoms with van der Waals surface area (Å²) in [5, 5.41) is 10.4. The number of ether oxygens (including phenoxy) is 1. The molecule has 9 heteroatoms. The van der Waals surface area contributed by atoms with Crippen LogP contribution in [0.1, 0.15) is 11.1 Å². The lowest BCUT2D eigenvalue weighted by Crippen LogP contribution is -2.20. The van der Waals surface area contributed by atoms with Crippen LogP contribution in [0.5, 0.6) is 11.5 Å². The highest BCUT2D eigenvalue weighted by Crippen LogP contribution is 2.36. The molecule has 4 nitrogen and oxygen atoms in total. The summed E-state index contributed by atoms with van der Waals surface area (Å²) in [6.07, 6.45) is 0.276. The number of benzene rings is 3. The van der Waals surface area contributed by atoms with Gasteiger partial charge in [0.25, 0.3) is 5.91 Å². The normalized spacial score (nSPS) is 10.8. The van der Waals surface area contributed by atoms with E-state index in [0.29, 0.717) is 21.2 Å². The summed E-state index contributed by atoms with van der Waals surface area (Å²) >= 11 is 18.3. The van der Waals surface area contributed by atoms with E-state index in [-0.39, 0.29) is 35.7 Å². The smallest absolute Gasteiger partial charge is 0.255 e. The van der Waals surface area contributed by atoms with Crippen LogP contribution in [0.2, 0.25) is 15.1 Å². The lowest BCUT2D eigenvalue weighted by Gasteiger charge is -2.13. The predicted molar refractivity (Wildman–Crippen MR) is 112 cm³/mol. The number of aromatic hydroxyl groups is 1. The molecule has 0 spiro atoms. The number of carbonyl (C=O) groups excluding carboxylic acids is 1. The van der Waals surface area contributed by atoms with Crippen molar-refractivity contribution in [2.24, 2.45) is 5.73 Å². The molecule has 0 saturated heterocycles. The Labute approximate surface area is 185 Å². The monoisotopic (exact) mass is 471 g/mol. The maximum atomic E-state index is 13.7. The van der Waals surface area contributed by atoms with Crippen molar-refractivity contribution in [2.75, 3.05) is 6.61 Å². The van der Waals surface area contributed by atoms with Crippen molar-refractivity contribution < 1.29 is 23.4 Å². The Hall–Kier alpha value is -2.54. The number of halogens is 5. The molecule has 0 atom stereocenters. The van der Waals surface area contributed by atoms with Gasteiger partial charge in [-0.15, -0.1) is 0 Å². The van der Waals surface area contributed by atoms with Crippen LogP contribution >= 0.6 is 34.8 Å². The molecule has 0 aromatic heterocycles. The molecule has 0 aliphatic carbocycles. The van der Waals surface area contributed by atoms with Crippen molar-refractivity contribution in [2.45, 2.75) is 6.42 Å². The van der Waals surface area contributed by atoms with Crippen LogP contribution in [0.15, 0.2) is 42.5 Å². The molecule has 1 amide bonds. The second kappa shape index (κ2) is 9.08. The van der Waals surface area contributed by atoms with E-state index in [1.54, 1.807) is 12.1 Å². The molecule has 0 fully saturated rings. The third-order valence-electron chi connectivity index (χ3n) is 4.23. The van der Waals surface area contributed by atoms with Crippen LogP contribution in [0.4, 0.5) is 8.78 Å². The van der Waals surface area contributed by atoms with Crippen LogP contribution in [0.3, 0.4) is 0 Å². The molecule has 0 unspecified atom stereocenters. The van der Waals surface area contributed by atoms with E-state index in [1.807, 2.05) is 0 Å². The van der Waals surface area contributed by atoms with Crippen LogP contribution in [-0.4, -0.2) is 17.6 Å². The molecule has 3 rings (SSSR count). The number of phenols is 1. The largest absolute Gasteiger partial charge is 0.507 e. The summed E-state index contributed by atoms with van der Waals surface area (Å²) in [4.78, 5) is 10.8. The molecule has 0 radical (unpaired) electrons. The number of hydrogen-bond donors (Lipinski definition) is 2. The molecule has 0 heterocycles. The molecule has 3 aromatic carbocycles. The van der Waals surface area contributed by atoms with E-state index < -0.39 is 22.6 Å². The van der Waals surface area contributed by atoms with Gasteiger partial charge in [-0.25, -0.2) is 8.78 Å². The Morgan fingerprint density at radius 1 is 1.00 bits per heavy atom. The zero-order chi connectivity index (χ0) is 22.0. The van der Waals surface area contributed by atoms with Crippen LogP contribution in [0, 0.1) is 11.6 Å². The molecule has 30 heavy (non-hydrogen) atoms. The molecular weight excluding hydrogens is 459 g/mol. The fraction of sp³-hybridized carbons (Fsp3) is 0.0952. The molecule has 3 aromatic rings. The van der Waals surface area contributed by atoms with E-state index >= 15 is 0 Å². The van der Waals surface area contributed by atoms with Gasteiger partial charge < -0.3 is 15.6 Å². The van der Waals surface area contributed by atoms with E-state index in [0.717, 1.165) is 6.07 Å². The summed E-state index contributed by atoms with van der Waals surface area (Å²) in [7, 11) is 0. The lowest BCUT2D eigenvalue weighted by atomic mass is 9.98. The molecular formula is C21H14Cl3F2NO3. The summed E-state index contributed by atoms with van der Waals surface area (Å²) in [5.74, 6) is -2.77. The Balaban J connectivity index is 1.93. The third kappa shape index (κ3) is 4.95. The number of carbonyl (C=O) groups is 1. The molecule has 0 bridgehead atoms. The number of phenolic OH excluding ortho intramolecular Hbond substituents is 1. The topological polar surface area (TPSA) is 72.6 Å². The van der Waals surface area contributed by atoms with Gasteiger partial charge in [0.15, 0.2) is 18.2 Å². The highest BCUT2D eigenvalue weighted by Gasteiger charge is 2.15. The van der Waals surface area contributed by atoms with Crippen molar-refractivity contribution in [1.82, 2.24) is 0 Å². The minimum Gasteiger partial charge on any atom is -0.507 e. The van der Waals surface area contributed by atoms with Gasteiger partial charge in [-0.3, -0.25) is 4.79 Å². The molecule has 0 aliphatic rings. The first kappa shape index (κ1) is 22.2. The molecule has 3 N–H and O–H groups in total. The number of hydrogen-bond acceptors (Lipinski definition) is 3. The molecule has 0 saturated carbocycles. The Morgan fingerprint density at radius 3 is 2.27 bits per heavy atom. The minimum atomic E-state index is -1.16. The summed E-state index contributed by atoms with van der Waals surface area (Å²) in [6, 6.07) is 9.85. The van der Waals surface area contributed by atoms with Crippen molar-refractivity contribution in [3.63, 3.8) is 0 Å². The molecule has 0 aliphatic heterocycles. The number of primary amides is 1. The highest BCUT2D eigenvalue weighted by atomic mass is 35.5. The van der Waals surface area contributed by atoms with Gasteiger partial charge in [0.1, 0.15) is 11.5 Å². The molecule has 156 valence electrons. The number of nitrogens with two attached hydrogens (primary N) is 1. The fourth-order valence-corrected chi connectivity index (χ4v) is 3.63. The predicted octanol–water partition coefficient (Wildman–Crippen LogP) is 5.75. The lowest BCUT2D eigenvalue weighted by molar-refractivity contribution is -0.119. The SMILES string of the molecule is NC(=O)COc1cc(Cl)c(Cc2ccc(O)c(-c3cc(F)c(F)c(Cl)c3)c2)c(Cl)c1. The first-order chi connectivity index (χ1) is 14.2. The second-order valence-electron chi connectivity index (χ2n) is 6.40. The number of amides is 1. The third-order valence-corrected chi connectivity index (χ3v) is 5.18. The average Bonchev–Trinajstić information content (AvgIpc) is 2.68. The standard InChI is InChI=1S/C21H14Cl3F2NO3/c22-15-7-12(30-9-20(27)29)8-16(23)14(15)4-10-1-2-19(28)13(3-10)11-5-17(24)21(26)18(25)6-11/h1-3,5-8,28H,4,9H2,(H2,27,29). The van der Waals surface area contributed by atoms with E-state index in [2.05, 4.69) is 0 Å². The highest BCUT2D eigenvalue weighted by molar-refractivity contribution is 6.36. The van der Waals surface area contributed by atoms with Gasteiger partial charge in [-0.05, 0) is 53.1 Å². The number of rotatable bonds is 6.